The van der Waals surface area contributed by atoms with Gasteiger partial charge in [-0.15, -0.1) is 0 Å². The minimum atomic E-state index is -0.538. The second-order valence-electron chi connectivity index (χ2n) is 3.65. The maximum absolute atomic E-state index is 9.27. The second-order valence-corrected chi connectivity index (χ2v) is 3.65. The summed E-state index contributed by atoms with van der Waals surface area (Å²) in [5.74, 6) is 0.656. The highest BCUT2D eigenvalue weighted by molar-refractivity contribution is 4.46. The first-order chi connectivity index (χ1) is 5.66. The van der Waals surface area contributed by atoms with Crippen molar-refractivity contribution in [3.63, 3.8) is 0 Å². The van der Waals surface area contributed by atoms with Crippen LogP contribution in [0.4, 0.5) is 0 Å². The lowest BCUT2D eigenvalue weighted by Crippen LogP contribution is -2.13. The van der Waals surface area contributed by atoms with Gasteiger partial charge in [0.25, 0.3) is 0 Å². The maximum atomic E-state index is 9.27. The molecule has 0 aliphatic heterocycles. The van der Waals surface area contributed by atoms with Gasteiger partial charge < -0.3 is 9.84 Å². The van der Waals surface area contributed by atoms with Gasteiger partial charge in [0.1, 0.15) is 0 Å². The van der Waals surface area contributed by atoms with Crippen LogP contribution in [0.15, 0.2) is 0 Å². The van der Waals surface area contributed by atoms with Crippen LogP contribution in [0.25, 0.3) is 0 Å². The summed E-state index contributed by atoms with van der Waals surface area (Å²) in [7, 11) is 0. The molecule has 74 valence electrons. The van der Waals surface area contributed by atoms with Crippen LogP contribution in [-0.4, -0.2) is 18.0 Å². The zero-order valence-corrected chi connectivity index (χ0v) is 8.55. The van der Waals surface area contributed by atoms with Crippen molar-refractivity contribution in [3.8, 4) is 0 Å². The Kier molecular flexibility index (Phi) is 7.51. The SMILES string of the molecule is CCCCC(O)OCCC(C)C. The molecular formula is C10H22O2. The third-order valence-electron chi connectivity index (χ3n) is 1.81. The van der Waals surface area contributed by atoms with E-state index >= 15 is 0 Å². The fourth-order valence-corrected chi connectivity index (χ4v) is 0.902. The van der Waals surface area contributed by atoms with Crippen LogP contribution in [-0.2, 0) is 4.74 Å². The summed E-state index contributed by atoms with van der Waals surface area (Å²) >= 11 is 0. The van der Waals surface area contributed by atoms with E-state index in [1.807, 2.05) is 0 Å². The molecule has 0 saturated carbocycles. The van der Waals surface area contributed by atoms with E-state index in [0.29, 0.717) is 12.5 Å². The zero-order chi connectivity index (χ0) is 9.40. The summed E-state index contributed by atoms with van der Waals surface area (Å²) < 4.78 is 5.21. The van der Waals surface area contributed by atoms with E-state index in [1.54, 1.807) is 0 Å². The highest BCUT2D eigenvalue weighted by atomic mass is 16.6. The fraction of sp³-hybridized carbons (Fsp3) is 1.00. The molecule has 0 aromatic carbocycles. The number of ether oxygens (including phenoxy) is 1. The Morgan fingerprint density at radius 2 is 1.92 bits per heavy atom. The molecule has 1 N–H and O–H groups in total. The Morgan fingerprint density at radius 1 is 1.25 bits per heavy atom. The molecule has 0 fully saturated rings. The average Bonchev–Trinajstić information content (AvgIpc) is 2.00. The number of aliphatic hydroxyl groups is 1. The number of hydrogen-bond acceptors (Lipinski definition) is 2. The minimum Gasteiger partial charge on any atom is -0.368 e. The molecule has 0 aromatic rings. The van der Waals surface area contributed by atoms with Gasteiger partial charge in [0.2, 0.25) is 0 Å². The molecule has 0 spiro atoms. The lowest BCUT2D eigenvalue weighted by atomic mass is 10.1. The van der Waals surface area contributed by atoms with E-state index in [0.717, 1.165) is 25.7 Å². The quantitative estimate of drug-likeness (QED) is 0.601. The average molecular weight is 174 g/mol. The Hall–Kier alpha value is -0.0800. The zero-order valence-electron chi connectivity index (χ0n) is 8.55. The Morgan fingerprint density at radius 3 is 2.42 bits per heavy atom. The van der Waals surface area contributed by atoms with Gasteiger partial charge in [-0.1, -0.05) is 27.2 Å². The van der Waals surface area contributed by atoms with Crippen LogP contribution in [0, 0.1) is 5.92 Å². The van der Waals surface area contributed by atoms with Gasteiger partial charge in [0.05, 0.1) is 0 Å². The lowest BCUT2D eigenvalue weighted by Gasteiger charge is -2.12. The van der Waals surface area contributed by atoms with Crippen molar-refractivity contribution in [2.24, 2.45) is 5.92 Å². The first-order valence-electron chi connectivity index (χ1n) is 4.96. The predicted molar refractivity (Wildman–Crippen MR) is 50.9 cm³/mol. The molecule has 0 heterocycles. The van der Waals surface area contributed by atoms with Crippen molar-refractivity contribution in [1.29, 1.82) is 0 Å². The van der Waals surface area contributed by atoms with E-state index in [4.69, 9.17) is 4.74 Å². The molecule has 0 aliphatic carbocycles. The van der Waals surface area contributed by atoms with Crippen molar-refractivity contribution >= 4 is 0 Å². The van der Waals surface area contributed by atoms with Crippen molar-refractivity contribution in [1.82, 2.24) is 0 Å². The van der Waals surface area contributed by atoms with Crippen molar-refractivity contribution in [2.75, 3.05) is 6.61 Å². The monoisotopic (exact) mass is 174 g/mol. The molecule has 12 heavy (non-hydrogen) atoms. The Balaban J connectivity index is 3.13. The fourth-order valence-electron chi connectivity index (χ4n) is 0.902. The minimum absolute atomic E-state index is 0.538. The predicted octanol–water partition coefficient (Wildman–Crippen LogP) is 2.56. The summed E-state index contributed by atoms with van der Waals surface area (Å²) in [5, 5.41) is 9.27. The molecule has 0 aliphatic rings. The van der Waals surface area contributed by atoms with Crippen LogP contribution < -0.4 is 0 Å². The molecule has 2 nitrogen and oxygen atoms in total. The van der Waals surface area contributed by atoms with Crippen LogP contribution >= 0.6 is 0 Å². The topological polar surface area (TPSA) is 29.5 Å². The molecular weight excluding hydrogens is 152 g/mol. The highest BCUT2D eigenvalue weighted by Crippen LogP contribution is 2.04. The van der Waals surface area contributed by atoms with Gasteiger partial charge in [0, 0.05) is 6.61 Å². The lowest BCUT2D eigenvalue weighted by molar-refractivity contribution is -0.106. The smallest absolute Gasteiger partial charge is 0.154 e. The van der Waals surface area contributed by atoms with E-state index in [2.05, 4.69) is 20.8 Å². The summed E-state index contributed by atoms with van der Waals surface area (Å²) in [4.78, 5) is 0. The van der Waals surface area contributed by atoms with Gasteiger partial charge in [-0.25, -0.2) is 0 Å². The molecule has 0 rings (SSSR count). The van der Waals surface area contributed by atoms with Crippen LogP contribution in [0.5, 0.6) is 0 Å². The van der Waals surface area contributed by atoms with Gasteiger partial charge in [-0.3, -0.25) is 0 Å². The van der Waals surface area contributed by atoms with E-state index < -0.39 is 6.29 Å². The highest BCUT2D eigenvalue weighted by Gasteiger charge is 2.02. The third-order valence-corrected chi connectivity index (χ3v) is 1.81. The molecule has 1 atom stereocenters. The maximum Gasteiger partial charge on any atom is 0.154 e. The van der Waals surface area contributed by atoms with E-state index in [-0.39, 0.29) is 0 Å². The standard InChI is InChI=1S/C10H22O2/c1-4-5-6-10(11)12-8-7-9(2)3/h9-11H,4-8H2,1-3H3. The number of rotatable bonds is 7. The van der Waals surface area contributed by atoms with Gasteiger partial charge in [0.15, 0.2) is 6.29 Å². The molecule has 0 amide bonds. The number of hydrogen-bond donors (Lipinski definition) is 1. The first kappa shape index (κ1) is 11.9. The van der Waals surface area contributed by atoms with Gasteiger partial charge >= 0.3 is 0 Å². The van der Waals surface area contributed by atoms with Crippen LogP contribution in [0.3, 0.4) is 0 Å². The van der Waals surface area contributed by atoms with Crippen LogP contribution in [0.2, 0.25) is 0 Å². The Bertz CT molecular complexity index is 91.8. The first-order valence-corrected chi connectivity index (χ1v) is 4.96. The summed E-state index contributed by atoms with van der Waals surface area (Å²) in [6.07, 6.45) is 3.43. The molecule has 1 unspecified atom stereocenters. The van der Waals surface area contributed by atoms with Crippen molar-refractivity contribution in [3.05, 3.63) is 0 Å². The van der Waals surface area contributed by atoms with Crippen LogP contribution in [0.1, 0.15) is 46.5 Å². The van der Waals surface area contributed by atoms with Gasteiger partial charge in [-0.05, 0) is 25.2 Å². The van der Waals surface area contributed by atoms with E-state index in [9.17, 15) is 5.11 Å². The summed E-state index contributed by atoms with van der Waals surface area (Å²) in [6, 6.07) is 0. The molecule has 0 saturated heterocycles. The van der Waals surface area contributed by atoms with E-state index in [1.165, 1.54) is 0 Å². The number of unbranched alkanes of at least 4 members (excludes halogenated alkanes) is 1. The molecule has 0 radical (unpaired) electrons. The summed E-state index contributed by atoms with van der Waals surface area (Å²) in [5.41, 5.74) is 0. The third kappa shape index (κ3) is 8.02. The second kappa shape index (κ2) is 7.56. The Labute approximate surface area is 75.9 Å². The number of aliphatic hydroxyl groups excluding tert-OH is 1. The van der Waals surface area contributed by atoms with Crippen molar-refractivity contribution < 1.29 is 9.84 Å². The largest absolute Gasteiger partial charge is 0.368 e. The van der Waals surface area contributed by atoms with Gasteiger partial charge in [-0.2, -0.15) is 0 Å². The molecule has 0 aromatic heterocycles. The normalized spacial score (nSPS) is 13.8. The summed E-state index contributed by atoms with van der Waals surface area (Å²) in [6.45, 7) is 7.10. The molecule has 0 bridgehead atoms. The van der Waals surface area contributed by atoms with Crippen molar-refractivity contribution in [2.45, 2.75) is 52.7 Å². The molecule has 2 heteroatoms.